The molecule has 1 aromatic rings. The van der Waals surface area contributed by atoms with Crippen LogP contribution in [0, 0.1) is 26.7 Å². The maximum absolute atomic E-state index is 5.60. The average molecular weight is 238 g/mol. The molecule has 1 heterocycles. The van der Waals surface area contributed by atoms with E-state index in [1.54, 1.807) is 0 Å². The van der Waals surface area contributed by atoms with Crippen molar-refractivity contribution in [3.8, 4) is 0 Å². The molecular weight excluding hydrogens is 212 g/mol. The molecule has 0 radical (unpaired) electrons. The molecule has 0 amide bonds. The Labute approximate surface area is 105 Å². The lowest BCUT2D eigenvalue weighted by Gasteiger charge is -2.08. The molecule has 0 saturated heterocycles. The summed E-state index contributed by atoms with van der Waals surface area (Å²) in [6, 6.07) is 0. The summed E-state index contributed by atoms with van der Waals surface area (Å²) in [5, 5.41) is 6.87. The summed E-state index contributed by atoms with van der Waals surface area (Å²) in [7, 11) is 0. The van der Waals surface area contributed by atoms with Crippen molar-refractivity contribution in [3.63, 3.8) is 0 Å². The van der Waals surface area contributed by atoms with Gasteiger partial charge in [0.05, 0.1) is 0 Å². The first kappa shape index (κ1) is 14.3. The standard InChI is InChI=1S/C14H26N2O/c1-10(2)8-15-6-7-16-9-14-11(3)12(4)17-13(14)5/h10,15-16H,6-9H2,1-5H3. The largest absolute Gasteiger partial charge is 0.466 e. The highest BCUT2D eigenvalue weighted by Gasteiger charge is 2.09. The highest BCUT2D eigenvalue weighted by molar-refractivity contribution is 5.31. The predicted molar refractivity (Wildman–Crippen MR) is 72.3 cm³/mol. The van der Waals surface area contributed by atoms with Crippen LogP contribution < -0.4 is 10.6 Å². The maximum Gasteiger partial charge on any atom is 0.105 e. The van der Waals surface area contributed by atoms with E-state index in [1.807, 2.05) is 13.8 Å². The van der Waals surface area contributed by atoms with Crippen molar-refractivity contribution in [1.29, 1.82) is 0 Å². The van der Waals surface area contributed by atoms with E-state index in [2.05, 4.69) is 31.4 Å². The number of rotatable bonds is 7. The Bertz CT molecular complexity index is 342. The van der Waals surface area contributed by atoms with Crippen molar-refractivity contribution in [1.82, 2.24) is 10.6 Å². The van der Waals surface area contributed by atoms with Gasteiger partial charge in [0.2, 0.25) is 0 Å². The van der Waals surface area contributed by atoms with Gasteiger partial charge >= 0.3 is 0 Å². The number of hydrogen-bond donors (Lipinski definition) is 2. The van der Waals surface area contributed by atoms with E-state index in [4.69, 9.17) is 4.42 Å². The Balaban J connectivity index is 2.22. The lowest BCUT2D eigenvalue weighted by atomic mass is 10.1. The zero-order chi connectivity index (χ0) is 12.8. The zero-order valence-corrected chi connectivity index (χ0v) is 11.8. The third-order valence-corrected chi connectivity index (χ3v) is 3.04. The molecule has 0 fully saturated rings. The van der Waals surface area contributed by atoms with Gasteiger partial charge < -0.3 is 15.1 Å². The molecule has 0 aliphatic heterocycles. The zero-order valence-electron chi connectivity index (χ0n) is 11.8. The van der Waals surface area contributed by atoms with Gasteiger partial charge in [-0.25, -0.2) is 0 Å². The van der Waals surface area contributed by atoms with Crippen molar-refractivity contribution < 1.29 is 4.42 Å². The van der Waals surface area contributed by atoms with Gasteiger partial charge in [0.25, 0.3) is 0 Å². The van der Waals surface area contributed by atoms with E-state index in [0.717, 1.165) is 43.6 Å². The topological polar surface area (TPSA) is 37.2 Å². The second-order valence-corrected chi connectivity index (χ2v) is 5.09. The van der Waals surface area contributed by atoms with Crippen LogP contribution in [0.3, 0.4) is 0 Å². The Kier molecular flexibility index (Phi) is 5.72. The van der Waals surface area contributed by atoms with Crippen molar-refractivity contribution in [2.75, 3.05) is 19.6 Å². The molecule has 0 aliphatic rings. The lowest BCUT2D eigenvalue weighted by Crippen LogP contribution is -2.29. The number of furan rings is 1. The van der Waals surface area contributed by atoms with E-state index in [0.29, 0.717) is 0 Å². The van der Waals surface area contributed by atoms with Gasteiger partial charge in [-0.3, -0.25) is 0 Å². The first-order valence-corrected chi connectivity index (χ1v) is 6.49. The maximum atomic E-state index is 5.60. The van der Waals surface area contributed by atoms with Gasteiger partial charge in [0.1, 0.15) is 11.5 Å². The second-order valence-electron chi connectivity index (χ2n) is 5.09. The van der Waals surface area contributed by atoms with Crippen LogP contribution in [0.25, 0.3) is 0 Å². The fourth-order valence-electron chi connectivity index (χ4n) is 1.88. The van der Waals surface area contributed by atoms with Crippen molar-refractivity contribution >= 4 is 0 Å². The molecule has 0 unspecified atom stereocenters. The smallest absolute Gasteiger partial charge is 0.105 e. The van der Waals surface area contributed by atoms with Crippen molar-refractivity contribution in [2.45, 2.75) is 41.2 Å². The Morgan fingerprint density at radius 3 is 2.18 bits per heavy atom. The molecule has 3 nitrogen and oxygen atoms in total. The van der Waals surface area contributed by atoms with Crippen molar-refractivity contribution in [3.05, 3.63) is 22.6 Å². The monoisotopic (exact) mass is 238 g/mol. The SMILES string of the molecule is Cc1oc(C)c(CNCCNCC(C)C)c1C. The van der Waals surface area contributed by atoms with E-state index in [-0.39, 0.29) is 0 Å². The average Bonchev–Trinajstić information content (AvgIpc) is 2.48. The third-order valence-electron chi connectivity index (χ3n) is 3.04. The molecule has 1 aromatic heterocycles. The summed E-state index contributed by atoms with van der Waals surface area (Å²) in [6.07, 6.45) is 0. The van der Waals surface area contributed by atoms with Crippen molar-refractivity contribution in [2.24, 2.45) is 5.92 Å². The molecule has 0 spiro atoms. The fraction of sp³-hybridized carbons (Fsp3) is 0.714. The number of hydrogen-bond acceptors (Lipinski definition) is 3. The van der Waals surface area contributed by atoms with E-state index < -0.39 is 0 Å². The minimum Gasteiger partial charge on any atom is -0.466 e. The molecule has 0 saturated carbocycles. The van der Waals surface area contributed by atoms with Crippen LogP contribution in [0.15, 0.2) is 4.42 Å². The molecule has 0 aliphatic carbocycles. The number of aryl methyl sites for hydroxylation is 2. The van der Waals surface area contributed by atoms with Gasteiger partial charge in [0, 0.05) is 25.2 Å². The van der Waals surface area contributed by atoms with Crippen LogP contribution in [0.2, 0.25) is 0 Å². The van der Waals surface area contributed by atoms with Gasteiger partial charge in [0.15, 0.2) is 0 Å². The van der Waals surface area contributed by atoms with Crippen LogP contribution in [-0.2, 0) is 6.54 Å². The Morgan fingerprint density at radius 1 is 1.00 bits per heavy atom. The normalized spacial score (nSPS) is 11.4. The molecule has 17 heavy (non-hydrogen) atoms. The first-order valence-electron chi connectivity index (χ1n) is 6.49. The van der Waals surface area contributed by atoms with E-state index in [9.17, 15) is 0 Å². The molecule has 2 N–H and O–H groups in total. The minimum absolute atomic E-state index is 0.719. The van der Waals surface area contributed by atoms with Crippen LogP contribution in [-0.4, -0.2) is 19.6 Å². The van der Waals surface area contributed by atoms with Crippen LogP contribution >= 0.6 is 0 Å². The summed E-state index contributed by atoms with van der Waals surface area (Å²) in [5.74, 6) is 2.80. The fourth-order valence-corrected chi connectivity index (χ4v) is 1.88. The van der Waals surface area contributed by atoms with Crippen LogP contribution in [0.5, 0.6) is 0 Å². The highest BCUT2D eigenvalue weighted by atomic mass is 16.3. The van der Waals surface area contributed by atoms with Crippen LogP contribution in [0.4, 0.5) is 0 Å². The Hall–Kier alpha value is -0.800. The quantitative estimate of drug-likeness (QED) is 0.717. The summed E-state index contributed by atoms with van der Waals surface area (Å²) in [5.41, 5.74) is 2.59. The Morgan fingerprint density at radius 2 is 1.65 bits per heavy atom. The minimum atomic E-state index is 0.719. The lowest BCUT2D eigenvalue weighted by molar-refractivity contribution is 0.496. The molecule has 0 bridgehead atoms. The highest BCUT2D eigenvalue weighted by Crippen LogP contribution is 2.19. The summed E-state index contributed by atoms with van der Waals surface area (Å²) < 4.78 is 5.60. The van der Waals surface area contributed by atoms with Gasteiger partial charge in [-0.05, 0) is 38.8 Å². The van der Waals surface area contributed by atoms with Gasteiger partial charge in [-0.15, -0.1) is 0 Å². The summed E-state index contributed by atoms with van der Waals surface area (Å²) in [6.45, 7) is 14.6. The van der Waals surface area contributed by atoms with E-state index >= 15 is 0 Å². The summed E-state index contributed by atoms with van der Waals surface area (Å²) in [4.78, 5) is 0. The van der Waals surface area contributed by atoms with Crippen LogP contribution in [0.1, 0.15) is 36.5 Å². The molecule has 0 atom stereocenters. The van der Waals surface area contributed by atoms with Gasteiger partial charge in [-0.1, -0.05) is 13.8 Å². The molecule has 0 aromatic carbocycles. The second kappa shape index (κ2) is 6.82. The first-order chi connectivity index (χ1) is 8.02. The molecule has 98 valence electrons. The number of nitrogens with one attached hydrogen (secondary N) is 2. The van der Waals surface area contributed by atoms with E-state index in [1.165, 1.54) is 11.1 Å². The molecule has 1 rings (SSSR count). The predicted octanol–water partition coefficient (Wildman–Crippen LogP) is 2.54. The summed E-state index contributed by atoms with van der Waals surface area (Å²) >= 11 is 0. The van der Waals surface area contributed by atoms with Gasteiger partial charge in [-0.2, -0.15) is 0 Å². The molecule has 3 heteroatoms. The molecular formula is C14H26N2O. The third kappa shape index (κ3) is 4.52.